The summed E-state index contributed by atoms with van der Waals surface area (Å²) in [5.41, 5.74) is 1.05. The summed E-state index contributed by atoms with van der Waals surface area (Å²) in [5.74, 6) is -0.253. The van der Waals surface area contributed by atoms with Crippen molar-refractivity contribution in [3.63, 3.8) is 0 Å². The predicted octanol–water partition coefficient (Wildman–Crippen LogP) is 3.34. The Morgan fingerprint density at radius 1 is 1.10 bits per heavy atom. The van der Waals surface area contributed by atoms with E-state index in [0.29, 0.717) is 11.4 Å². The Labute approximate surface area is 233 Å². The first-order chi connectivity index (χ1) is 18.9. The summed E-state index contributed by atoms with van der Waals surface area (Å²) in [6, 6.07) is 11.9. The third kappa shape index (κ3) is 9.92. The molecule has 1 saturated heterocycles. The van der Waals surface area contributed by atoms with E-state index in [1.807, 2.05) is 38.4 Å². The molecule has 0 saturated carbocycles. The Hall–Kier alpha value is -4.06. The molecule has 0 unspecified atom stereocenters. The first kappa shape index (κ1) is 30.5. The maximum Gasteiger partial charge on any atom is 0.414 e. The second-order valence-electron chi connectivity index (χ2n) is 10.6. The molecular formula is C28H38FN5O6. The van der Waals surface area contributed by atoms with Crippen molar-refractivity contribution in [1.82, 2.24) is 15.5 Å². The number of carbonyl (C=O) groups excluding carboxylic acids is 3. The molecule has 1 aliphatic heterocycles. The van der Waals surface area contributed by atoms with E-state index in [-0.39, 0.29) is 44.4 Å². The van der Waals surface area contributed by atoms with E-state index < -0.39 is 29.7 Å². The normalized spacial score (nSPS) is 15.0. The molecule has 12 heteroatoms. The second-order valence-corrected chi connectivity index (χ2v) is 10.6. The van der Waals surface area contributed by atoms with Gasteiger partial charge in [0.15, 0.2) is 6.61 Å². The third-order valence-electron chi connectivity index (χ3n) is 5.57. The maximum absolute atomic E-state index is 14.7. The Morgan fingerprint density at radius 3 is 2.48 bits per heavy atom. The summed E-state index contributed by atoms with van der Waals surface area (Å²) >= 11 is 0. The Kier molecular flexibility index (Phi) is 10.5. The lowest BCUT2D eigenvalue weighted by molar-refractivity contribution is -0.123. The summed E-state index contributed by atoms with van der Waals surface area (Å²) in [6.45, 7) is 6.69. The highest BCUT2D eigenvalue weighted by Gasteiger charge is 2.33. The van der Waals surface area contributed by atoms with Crippen molar-refractivity contribution in [2.24, 2.45) is 0 Å². The van der Waals surface area contributed by atoms with Gasteiger partial charge in [0.05, 0.1) is 24.5 Å². The maximum atomic E-state index is 14.7. The van der Waals surface area contributed by atoms with Crippen LogP contribution < -0.4 is 25.6 Å². The molecule has 3 rings (SSSR count). The van der Waals surface area contributed by atoms with E-state index in [4.69, 9.17) is 14.2 Å². The van der Waals surface area contributed by atoms with Crippen LogP contribution in [-0.4, -0.2) is 81.6 Å². The van der Waals surface area contributed by atoms with E-state index in [1.54, 1.807) is 26.8 Å². The predicted molar refractivity (Wildman–Crippen MR) is 149 cm³/mol. The van der Waals surface area contributed by atoms with Crippen molar-refractivity contribution >= 4 is 29.5 Å². The summed E-state index contributed by atoms with van der Waals surface area (Å²) in [7, 11) is 3.98. The number of hydrogen-bond acceptors (Lipinski definition) is 8. The molecule has 11 nitrogen and oxygen atoms in total. The van der Waals surface area contributed by atoms with Crippen molar-refractivity contribution < 1.29 is 33.0 Å². The standard InChI is InChI=1S/C28H38FN5O6/c1-28(2,3)40-26(36)32-15-22-17-34(27(37)39-22)20-8-11-24(23(29)14-20)30-12-13-31-25(35)18-38-21-9-6-19(7-10-21)16-33(4)5/h6-11,14,22,30H,12-13,15-18H2,1-5H3,(H,31,35)(H,32,36)/t22-/m0/s1. The van der Waals surface area contributed by atoms with Crippen LogP contribution >= 0.6 is 0 Å². The van der Waals surface area contributed by atoms with Crippen molar-refractivity contribution in [1.29, 1.82) is 0 Å². The highest BCUT2D eigenvalue weighted by molar-refractivity contribution is 5.90. The molecule has 2 aromatic rings. The number of alkyl carbamates (subject to hydrolysis) is 1. The average molecular weight is 560 g/mol. The summed E-state index contributed by atoms with van der Waals surface area (Å²) < 4.78 is 30.7. The zero-order valence-corrected chi connectivity index (χ0v) is 23.6. The van der Waals surface area contributed by atoms with Gasteiger partial charge in [-0.05, 0) is 70.8 Å². The molecule has 1 aliphatic rings. The number of nitrogens with zero attached hydrogens (tertiary/aromatic N) is 2. The highest BCUT2D eigenvalue weighted by atomic mass is 19.1. The molecule has 1 heterocycles. The number of halogens is 1. The van der Waals surface area contributed by atoms with Gasteiger partial charge < -0.3 is 35.1 Å². The van der Waals surface area contributed by atoms with Gasteiger partial charge in [-0.3, -0.25) is 9.69 Å². The second kappa shape index (κ2) is 13.8. The van der Waals surface area contributed by atoms with Gasteiger partial charge in [-0.15, -0.1) is 0 Å². The van der Waals surface area contributed by atoms with Crippen LogP contribution in [0.5, 0.6) is 5.75 Å². The molecule has 0 radical (unpaired) electrons. The molecule has 3 N–H and O–H groups in total. The van der Waals surface area contributed by atoms with E-state index >= 15 is 0 Å². The van der Waals surface area contributed by atoms with Crippen molar-refractivity contribution in [3.8, 4) is 5.75 Å². The third-order valence-corrected chi connectivity index (χ3v) is 5.57. The zero-order valence-electron chi connectivity index (χ0n) is 23.6. The molecule has 3 amide bonds. The van der Waals surface area contributed by atoms with Gasteiger partial charge in [0.2, 0.25) is 0 Å². The molecule has 218 valence electrons. The van der Waals surface area contributed by atoms with Crippen LogP contribution in [0, 0.1) is 5.82 Å². The molecule has 1 atom stereocenters. The van der Waals surface area contributed by atoms with E-state index in [0.717, 1.165) is 12.1 Å². The number of rotatable bonds is 12. The molecule has 40 heavy (non-hydrogen) atoms. The van der Waals surface area contributed by atoms with Gasteiger partial charge in [0, 0.05) is 19.6 Å². The topological polar surface area (TPSA) is 121 Å². The van der Waals surface area contributed by atoms with Crippen LogP contribution in [0.1, 0.15) is 26.3 Å². The van der Waals surface area contributed by atoms with Gasteiger partial charge in [-0.1, -0.05) is 12.1 Å². The monoisotopic (exact) mass is 559 g/mol. The lowest BCUT2D eigenvalue weighted by atomic mass is 10.2. The number of carbonyl (C=O) groups is 3. The van der Waals surface area contributed by atoms with Crippen LogP contribution in [0.15, 0.2) is 42.5 Å². The molecule has 0 bridgehead atoms. The minimum absolute atomic E-state index is 0.0685. The van der Waals surface area contributed by atoms with Gasteiger partial charge in [0.1, 0.15) is 23.3 Å². The van der Waals surface area contributed by atoms with E-state index in [9.17, 15) is 18.8 Å². The quantitative estimate of drug-likeness (QED) is 0.339. The van der Waals surface area contributed by atoms with Gasteiger partial charge >= 0.3 is 12.2 Å². The first-order valence-corrected chi connectivity index (χ1v) is 13.0. The fourth-order valence-corrected chi connectivity index (χ4v) is 3.82. The van der Waals surface area contributed by atoms with Crippen LogP contribution in [-0.2, 0) is 20.8 Å². The molecule has 2 aromatic carbocycles. The Morgan fingerprint density at radius 2 is 1.82 bits per heavy atom. The number of benzene rings is 2. The first-order valence-electron chi connectivity index (χ1n) is 13.0. The zero-order chi connectivity index (χ0) is 29.3. The van der Waals surface area contributed by atoms with Crippen molar-refractivity contribution in [2.45, 2.75) is 39.0 Å². The molecule has 0 spiro atoms. The van der Waals surface area contributed by atoms with Crippen LogP contribution in [0.3, 0.4) is 0 Å². The van der Waals surface area contributed by atoms with Gasteiger partial charge in [-0.2, -0.15) is 0 Å². The van der Waals surface area contributed by atoms with Crippen LogP contribution in [0.4, 0.5) is 25.4 Å². The summed E-state index contributed by atoms with van der Waals surface area (Å²) in [4.78, 5) is 39.6. The SMILES string of the molecule is CN(C)Cc1ccc(OCC(=O)NCCNc2ccc(N3C[C@H](CNC(=O)OC(C)(C)C)OC3=O)cc2F)cc1. The average Bonchev–Trinajstić information content (AvgIpc) is 3.24. The number of cyclic esters (lactones) is 1. The highest BCUT2D eigenvalue weighted by Crippen LogP contribution is 2.26. The minimum atomic E-state index is -0.644. The Balaban J connectivity index is 1.38. The molecule has 1 fully saturated rings. The molecule has 0 aliphatic carbocycles. The lowest BCUT2D eigenvalue weighted by Crippen LogP contribution is -2.38. The molecule has 0 aromatic heterocycles. The Bertz CT molecular complexity index is 1170. The largest absolute Gasteiger partial charge is 0.484 e. The molecular weight excluding hydrogens is 521 g/mol. The number of nitrogens with one attached hydrogen (secondary N) is 3. The number of ether oxygens (including phenoxy) is 3. The number of anilines is 2. The fourth-order valence-electron chi connectivity index (χ4n) is 3.82. The minimum Gasteiger partial charge on any atom is -0.484 e. The van der Waals surface area contributed by atoms with Crippen LogP contribution in [0.2, 0.25) is 0 Å². The van der Waals surface area contributed by atoms with E-state index in [2.05, 4.69) is 20.9 Å². The number of amides is 3. The summed E-state index contributed by atoms with van der Waals surface area (Å²) in [6.07, 6.45) is -1.85. The van der Waals surface area contributed by atoms with Gasteiger partial charge in [0.25, 0.3) is 5.91 Å². The van der Waals surface area contributed by atoms with Crippen molar-refractivity contribution in [3.05, 3.63) is 53.8 Å². The van der Waals surface area contributed by atoms with Crippen LogP contribution in [0.25, 0.3) is 0 Å². The smallest absolute Gasteiger partial charge is 0.414 e. The fraction of sp³-hybridized carbons (Fsp3) is 0.464. The lowest BCUT2D eigenvalue weighted by Gasteiger charge is -2.20. The van der Waals surface area contributed by atoms with Gasteiger partial charge in [-0.25, -0.2) is 14.0 Å². The van der Waals surface area contributed by atoms with E-state index in [1.165, 1.54) is 17.0 Å². The number of hydrogen-bond donors (Lipinski definition) is 3. The van der Waals surface area contributed by atoms with Crippen molar-refractivity contribution in [2.75, 3.05) is 57.1 Å². The summed E-state index contributed by atoms with van der Waals surface area (Å²) in [5, 5.41) is 8.20.